The van der Waals surface area contributed by atoms with Crippen LogP contribution in [0.2, 0.25) is 0 Å². The van der Waals surface area contributed by atoms with Crippen molar-refractivity contribution in [3.05, 3.63) is 10.9 Å². The van der Waals surface area contributed by atoms with Crippen LogP contribution < -0.4 is 10.2 Å². The molecule has 20 heavy (non-hydrogen) atoms. The number of fused-ring (bicyclic) bond motifs is 1. The normalized spacial score (nSPS) is 15.9. The van der Waals surface area contributed by atoms with Gasteiger partial charge in [0, 0.05) is 25.5 Å². The minimum Gasteiger partial charge on any atom is -0.359 e. The van der Waals surface area contributed by atoms with Gasteiger partial charge in [-0.25, -0.2) is 4.98 Å². The highest BCUT2D eigenvalue weighted by Crippen LogP contribution is 2.33. The Morgan fingerprint density at radius 2 is 2.10 bits per heavy atom. The van der Waals surface area contributed by atoms with Gasteiger partial charge in [0.25, 0.3) is 0 Å². The Morgan fingerprint density at radius 3 is 2.80 bits per heavy atom. The molecule has 2 aromatic rings. The van der Waals surface area contributed by atoms with Crippen LogP contribution in [0.3, 0.4) is 0 Å². The quantitative estimate of drug-likeness (QED) is 0.933. The maximum absolute atomic E-state index is 4.69. The molecule has 0 aliphatic heterocycles. The molecule has 2 heterocycles. The Labute approximate surface area is 124 Å². The molecule has 1 fully saturated rings. The topological polar surface area (TPSA) is 41.1 Å². The van der Waals surface area contributed by atoms with Gasteiger partial charge in [0.15, 0.2) is 0 Å². The Bertz CT molecular complexity index is 601. The van der Waals surface area contributed by atoms with Crippen LogP contribution in [0.15, 0.2) is 6.07 Å². The minimum absolute atomic E-state index is 0.715. The van der Waals surface area contributed by atoms with E-state index in [-0.39, 0.29) is 0 Å². The number of aromatic nitrogens is 2. The molecular weight excluding hydrogens is 268 g/mol. The van der Waals surface area contributed by atoms with E-state index in [2.05, 4.69) is 40.2 Å². The summed E-state index contributed by atoms with van der Waals surface area (Å²) >= 11 is 1.74. The molecule has 3 rings (SSSR count). The predicted molar refractivity (Wildman–Crippen MR) is 86.9 cm³/mol. The number of nitrogens with one attached hydrogen (secondary N) is 1. The smallest absolute Gasteiger partial charge is 0.225 e. The summed E-state index contributed by atoms with van der Waals surface area (Å²) in [6.07, 6.45) is 5.49. The summed E-state index contributed by atoms with van der Waals surface area (Å²) in [5.74, 6) is 2.60. The second kappa shape index (κ2) is 5.56. The molecular formula is C15H22N4S. The van der Waals surface area contributed by atoms with Gasteiger partial charge >= 0.3 is 0 Å². The molecule has 108 valence electrons. The lowest BCUT2D eigenvalue weighted by molar-refractivity contribution is 0.545. The maximum atomic E-state index is 4.69. The molecule has 1 aliphatic carbocycles. The lowest BCUT2D eigenvalue weighted by Crippen LogP contribution is -2.25. The van der Waals surface area contributed by atoms with Gasteiger partial charge in [0.2, 0.25) is 5.95 Å². The third-order valence-corrected chi connectivity index (χ3v) is 5.03. The fraction of sp³-hybridized carbons (Fsp3) is 0.600. The number of anilines is 2. The zero-order valence-corrected chi connectivity index (χ0v) is 13.3. The van der Waals surface area contributed by atoms with Crippen LogP contribution in [-0.4, -0.2) is 30.6 Å². The van der Waals surface area contributed by atoms with Crippen molar-refractivity contribution < 1.29 is 0 Å². The van der Waals surface area contributed by atoms with Gasteiger partial charge in [-0.1, -0.05) is 12.8 Å². The first-order valence-electron chi connectivity index (χ1n) is 7.34. The van der Waals surface area contributed by atoms with Crippen molar-refractivity contribution in [2.45, 2.75) is 32.6 Å². The molecule has 0 unspecified atom stereocenters. The maximum Gasteiger partial charge on any atom is 0.225 e. The Balaban J connectivity index is 1.95. The number of hydrogen-bond acceptors (Lipinski definition) is 5. The third-order valence-electron chi connectivity index (χ3n) is 4.09. The second-order valence-corrected chi connectivity index (χ2v) is 6.96. The first kappa shape index (κ1) is 13.6. The number of thiophene rings is 1. The first-order chi connectivity index (χ1) is 9.67. The molecule has 1 N–H and O–H groups in total. The van der Waals surface area contributed by atoms with Gasteiger partial charge in [-0.05, 0) is 31.7 Å². The SMILES string of the molecule is CNc1nc(N(C)CC2CCCC2)c2cc(C)sc2n1. The van der Waals surface area contributed by atoms with Gasteiger partial charge in [-0.3, -0.25) is 0 Å². The number of hydrogen-bond donors (Lipinski definition) is 1. The molecule has 0 amide bonds. The molecule has 0 atom stereocenters. The van der Waals surface area contributed by atoms with Crippen molar-refractivity contribution in [1.82, 2.24) is 9.97 Å². The summed E-state index contributed by atoms with van der Waals surface area (Å²) in [5.41, 5.74) is 0. The second-order valence-electron chi connectivity index (χ2n) is 5.73. The van der Waals surface area contributed by atoms with E-state index in [0.717, 1.165) is 23.1 Å². The molecule has 2 aromatic heterocycles. The molecule has 1 aliphatic rings. The summed E-state index contributed by atoms with van der Waals surface area (Å²) < 4.78 is 0. The highest BCUT2D eigenvalue weighted by Gasteiger charge is 2.20. The van der Waals surface area contributed by atoms with Gasteiger partial charge in [-0.15, -0.1) is 11.3 Å². The summed E-state index contributed by atoms with van der Waals surface area (Å²) in [6, 6.07) is 2.21. The lowest BCUT2D eigenvalue weighted by Gasteiger charge is -2.23. The number of rotatable bonds is 4. The first-order valence-corrected chi connectivity index (χ1v) is 8.16. The number of aryl methyl sites for hydroxylation is 1. The van der Waals surface area contributed by atoms with E-state index >= 15 is 0 Å². The molecule has 0 spiro atoms. The van der Waals surface area contributed by atoms with E-state index in [1.165, 1.54) is 35.9 Å². The van der Waals surface area contributed by atoms with Gasteiger partial charge in [0.1, 0.15) is 10.6 Å². The third kappa shape index (κ3) is 2.59. The Hall–Kier alpha value is -1.36. The molecule has 0 bridgehead atoms. The predicted octanol–water partition coefficient (Wildman–Crippen LogP) is 3.67. The average molecular weight is 290 g/mol. The lowest BCUT2D eigenvalue weighted by atomic mass is 10.1. The Kier molecular flexibility index (Phi) is 3.78. The molecule has 0 aromatic carbocycles. The standard InChI is InChI=1S/C15H22N4S/c1-10-8-12-13(17-15(16-2)18-14(12)20-10)19(3)9-11-6-4-5-7-11/h8,11H,4-7,9H2,1-3H3,(H,16,17,18). The van der Waals surface area contributed by atoms with Crippen molar-refractivity contribution >= 4 is 33.3 Å². The average Bonchev–Trinajstić information content (AvgIpc) is 3.05. The van der Waals surface area contributed by atoms with Gasteiger partial charge < -0.3 is 10.2 Å². The van der Waals surface area contributed by atoms with Crippen molar-refractivity contribution in [2.75, 3.05) is 30.9 Å². The molecule has 4 nitrogen and oxygen atoms in total. The van der Waals surface area contributed by atoms with Crippen LogP contribution in [0.25, 0.3) is 10.2 Å². The fourth-order valence-electron chi connectivity index (χ4n) is 3.10. The molecule has 1 saturated carbocycles. The summed E-state index contributed by atoms with van der Waals surface area (Å²) in [5, 5.41) is 4.26. The van der Waals surface area contributed by atoms with E-state index in [4.69, 9.17) is 0 Å². The summed E-state index contributed by atoms with van der Waals surface area (Å²) in [7, 11) is 4.04. The van der Waals surface area contributed by atoms with Gasteiger partial charge in [-0.2, -0.15) is 4.98 Å². The molecule has 0 radical (unpaired) electrons. The summed E-state index contributed by atoms with van der Waals surface area (Å²) in [6.45, 7) is 3.23. The Morgan fingerprint density at radius 1 is 1.35 bits per heavy atom. The molecule has 5 heteroatoms. The summed E-state index contributed by atoms with van der Waals surface area (Å²) in [4.78, 5) is 13.9. The van der Waals surface area contributed by atoms with E-state index in [9.17, 15) is 0 Å². The zero-order chi connectivity index (χ0) is 14.1. The van der Waals surface area contributed by atoms with Crippen LogP contribution in [0.1, 0.15) is 30.6 Å². The van der Waals surface area contributed by atoms with Crippen LogP contribution in [0, 0.1) is 12.8 Å². The van der Waals surface area contributed by atoms with Crippen molar-refractivity contribution in [3.8, 4) is 0 Å². The molecule has 0 saturated heterocycles. The monoisotopic (exact) mass is 290 g/mol. The highest BCUT2D eigenvalue weighted by molar-refractivity contribution is 7.18. The van der Waals surface area contributed by atoms with Gasteiger partial charge in [0.05, 0.1) is 5.39 Å². The van der Waals surface area contributed by atoms with Crippen molar-refractivity contribution in [2.24, 2.45) is 5.92 Å². The highest BCUT2D eigenvalue weighted by atomic mass is 32.1. The van der Waals surface area contributed by atoms with Crippen LogP contribution in [0.4, 0.5) is 11.8 Å². The van der Waals surface area contributed by atoms with E-state index < -0.39 is 0 Å². The van der Waals surface area contributed by atoms with E-state index in [1.807, 2.05) is 7.05 Å². The van der Waals surface area contributed by atoms with Crippen LogP contribution >= 0.6 is 11.3 Å². The zero-order valence-electron chi connectivity index (χ0n) is 12.4. The van der Waals surface area contributed by atoms with Crippen LogP contribution in [0.5, 0.6) is 0 Å². The fourth-order valence-corrected chi connectivity index (χ4v) is 3.97. The van der Waals surface area contributed by atoms with E-state index in [1.54, 1.807) is 11.3 Å². The largest absolute Gasteiger partial charge is 0.359 e. The van der Waals surface area contributed by atoms with Crippen LogP contribution in [-0.2, 0) is 0 Å². The van der Waals surface area contributed by atoms with Crippen molar-refractivity contribution in [1.29, 1.82) is 0 Å². The van der Waals surface area contributed by atoms with E-state index in [0.29, 0.717) is 5.95 Å². The minimum atomic E-state index is 0.715. The number of nitrogens with zero attached hydrogens (tertiary/aromatic N) is 3. The van der Waals surface area contributed by atoms with Crippen molar-refractivity contribution in [3.63, 3.8) is 0 Å².